The third kappa shape index (κ3) is 2.13. The van der Waals surface area contributed by atoms with Crippen LogP contribution in [0.4, 0.5) is 0 Å². The van der Waals surface area contributed by atoms with Gasteiger partial charge in [0.05, 0.1) is 17.5 Å². The number of hydrogen-bond acceptors (Lipinski definition) is 3. The Kier molecular flexibility index (Phi) is 3.40. The number of piperidine rings is 1. The molecule has 2 N–H and O–H groups in total. The van der Waals surface area contributed by atoms with Crippen LogP contribution in [0.1, 0.15) is 28.8 Å². The van der Waals surface area contributed by atoms with Crippen molar-refractivity contribution < 1.29 is 9.59 Å². The van der Waals surface area contributed by atoms with E-state index in [1.54, 1.807) is 11.0 Å². The number of rotatable bonds is 1. The molecule has 6 nitrogen and oxygen atoms in total. The number of carbonyl (C=O) groups excluding carboxylic acids is 2. The number of carbonyl (C=O) groups is 2. The molecule has 124 valence electrons. The number of nitrogens with zero attached hydrogens (tertiary/aromatic N) is 1. The highest BCUT2D eigenvalue weighted by molar-refractivity contribution is 5.98. The average Bonchev–Trinajstić information content (AvgIpc) is 2.97. The molecule has 2 saturated heterocycles. The minimum Gasteiger partial charge on any atom is -0.360 e. The van der Waals surface area contributed by atoms with Crippen molar-refractivity contribution in [2.45, 2.75) is 25.8 Å². The number of aromatic nitrogens is 1. The predicted octanol–water partition coefficient (Wildman–Crippen LogP) is 1.19. The Bertz CT molecular complexity index is 902. The lowest BCUT2D eigenvalue weighted by atomic mass is 9.91. The topological polar surface area (TPSA) is 82.3 Å². The molecule has 2 fully saturated rings. The highest BCUT2D eigenvalue weighted by Gasteiger charge is 2.43. The quantitative estimate of drug-likeness (QED) is 0.826. The van der Waals surface area contributed by atoms with Gasteiger partial charge in [0.15, 0.2) is 0 Å². The molecule has 2 aromatic rings. The van der Waals surface area contributed by atoms with Gasteiger partial charge >= 0.3 is 0 Å². The zero-order chi connectivity index (χ0) is 16.8. The molecular weight excluding hydrogens is 306 g/mol. The number of pyridine rings is 1. The zero-order valence-electron chi connectivity index (χ0n) is 13.5. The van der Waals surface area contributed by atoms with Crippen molar-refractivity contribution in [3.8, 4) is 0 Å². The molecule has 6 heteroatoms. The maximum Gasteiger partial charge on any atom is 0.259 e. The van der Waals surface area contributed by atoms with Gasteiger partial charge in [0.2, 0.25) is 11.3 Å². The van der Waals surface area contributed by atoms with Crippen molar-refractivity contribution in [2.75, 3.05) is 13.1 Å². The summed E-state index contributed by atoms with van der Waals surface area (Å²) in [6, 6.07) is 5.33. The summed E-state index contributed by atoms with van der Waals surface area (Å²) in [5, 5.41) is 3.35. The maximum absolute atomic E-state index is 13.0. The molecule has 2 aliphatic heterocycles. The molecule has 0 radical (unpaired) electrons. The van der Waals surface area contributed by atoms with Gasteiger partial charge in [0.1, 0.15) is 5.56 Å². The van der Waals surface area contributed by atoms with Gasteiger partial charge in [-0.3, -0.25) is 14.4 Å². The second-order valence-corrected chi connectivity index (χ2v) is 6.59. The second-order valence-electron chi connectivity index (χ2n) is 6.59. The molecule has 2 amide bonds. The van der Waals surface area contributed by atoms with Gasteiger partial charge < -0.3 is 15.2 Å². The van der Waals surface area contributed by atoms with Crippen molar-refractivity contribution >= 4 is 22.7 Å². The Morgan fingerprint density at radius 3 is 2.96 bits per heavy atom. The summed E-state index contributed by atoms with van der Waals surface area (Å²) in [6.07, 6.45) is 3.09. The largest absolute Gasteiger partial charge is 0.360 e. The SMILES string of the molecule is Cc1cccc2c(=O)c(C(=O)N3CCC[C@H]4C(=O)NC[C@H]43)c[nH]c12. The van der Waals surface area contributed by atoms with Crippen molar-refractivity contribution in [1.82, 2.24) is 15.2 Å². The summed E-state index contributed by atoms with van der Waals surface area (Å²) in [5.74, 6) is -0.420. The summed E-state index contributed by atoms with van der Waals surface area (Å²) in [5.41, 5.74) is 1.62. The maximum atomic E-state index is 13.0. The Labute approximate surface area is 138 Å². The van der Waals surface area contributed by atoms with Crippen LogP contribution in [0.25, 0.3) is 10.9 Å². The van der Waals surface area contributed by atoms with E-state index in [4.69, 9.17) is 0 Å². The number of H-pyrrole nitrogens is 1. The minimum atomic E-state index is -0.286. The van der Waals surface area contributed by atoms with Crippen molar-refractivity contribution in [3.05, 3.63) is 45.7 Å². The van der Waals surface area contributed by atoms with E-state index < -0.39 is 0 Å². The monoisotopic (exact) mass is 325 g/mol. The summed E-state index contributed by atoms with van der Waals surface area (Å²) in [4.78, 5) is 42.4. The van der Waals surface area contributed by atoms with Crippen LogP contribution in [-0.4, -0.2) is 40.8 Å². The molecule has 3 heterocycles. The molecule has 0 saturated carbocycles. The number of para-hydroxylation sites is 1. The van der Waals surface area contributed by atoms with E-state index in [1.807, 2.05) is 19.1 Å². The number of amides is 2. The molecule has 0 bridgehead atoms. The van der Waals surface area contributed by atoms with Crippen molar-refractivity contribution in [1.29, 1.82) is 0 Å². The number of benzene rings is 1. The molecule has 2 atom stereocenters. The second kappa shape index (κ2) is 5.47. The van der Waals surface area contributed by atoms with Crippen LogP contribution >= 0.6 is 0 Å². The molecular formula is C18H19N3O3. The molecule has 0 aliphatic carbocycles. The van der Waals surface area contributed by atoms with Gasteiger partial charge in [-0.1, -0.05) is 12.1 Å². The third-order valence-corrected chi connectivity index (χ3v) is 5.22. The first-order valence-corrected chi connectivity index (χ1v) is 8.27. The van der Waals surface area contributed by atoms with Crippen molar-refractivity contribution in [3.63, 3.8) is 0 Å². The molecule has 24 heavy (non-hydrogen) atoms. The van der Waals surface area contributed by atoms with E-state index >= 15 is 0 Å². The van der Waals surface area contributed by atoms with Gasteiger partial charge in [0.25, 0.3) is 5.91 Å². The highest BCUT2D eigenvalue weighted by Crippen LogP contribution is 2.28. The lowest BCUT2D eigenvalue weighted by Gasteiger charge is -2.35. The number of likely N-dealkylation sites (tertiary alicyclic amines) is 1. The molecule has 4 rings (SSSR count). The first kappa shape index (κ1) is 14.9. The van der Waals surface area contributed by atoms with E-state index in [0.29, 0.717) is 18.5 Å². The van der Waals surface area contributed by atoms with E-state index in [-0.39, 0.29) is 34.8 Å². The minimum absolute atomic E-state index is 0.0144. The number of nitrogens with one attached hydrogen (secondary N) is 2. The lowest BCUT2D eigenvalue weighted by molar-refractivity contribution is -0.123. The molecule has 0 unspecified atom stereocenters. The summed E-state index contributed by atoms with van der Waals surface area (Å²) in [6.45, 7) is 2.98. The van der Waals surface area contributed by atoms with Gasteiger partial charge in [-0.2, -0.15) is 0 Å². The Balaban J connectivity index is 1.75. The standard InChI is InChI=1S/C18H19N3O3/c1-10-4-2-5-12-15(10)19-8-13(16(12)22)18(24)21-7-3-6-11-14(21)9-20-17(11)23/h2,4-5,8,11,14H,3,6-7,9H2,1H3,(H,19,22)(H,20,23)/t11-,14-/m1/s1. The fourth-order valence-electron chi connectivity index (χ4n) is 3.92. The van der Waals surface area contributed by atoms with Gasteiger partial charge in [0, 0.05) is 24.7 Å². The van der Waals surface area contributed by atoms with Crippen LogP contribution < -0.4 is 10.7 Å². The van der Waals surface area contributed by atoms with Crippen LogP contribution in [0.5, 0.6) is 0 Å². The van der Waals surface area contributed by atoms with Crippen LogP contribution in [0, 0.1) is 12.8 Å². The van der Waals surface area contributed by atoms with Crippen LogP contribution in [0.15, 0.2) is 29.2 Å². The first-order valence-electron chi connectivity index (χ1n) is 8.27. The summed E-state index contributed by atoms with van der Waals surface area (Å²) >= 11 is 0. The van der Waals surface area contributed by atoms with Gasteiger partial charge in [-0.25, -0.2) is 0 Å². The summed E-state index contributed by atoms with van der Waals surface area (Å²) in [7, 11) is 0. The zero-order valence-corrected chi connectivity index (χ0v) is 13.5. The third-order valence-electron chi connectivity index (χ3n) is 5.22. The lowest BCUT2D eigenvalue weighted by Crippen LogP contribution is -2.49. The van der Waals surface area contributed by atoms with Crippen LogP contribution in [0.2, 0.25) is 0 Å². The van der Waals surface area contributed by atoms with E-state index in [0.717, 1.165) is 23.9 Å². The number of hydrogen-bond donors (Lipinski definition) is 2. The number of aryl methyl sites for hydroxylation is 1. The van der Waals surface area contributed by atoms with Crippen LogP contribution in [0.3, 0.4) is 0 Å². The van der Waals surface area contributed by atoms with E-state index in [2.05, 4.69) is 10.3 Å². The predicted molar refractivity (Wildman–Crippen MR) is 89.9 cm³/mol. The van der Waals surface area contributed by atoms with Gasteiger partial charge in [-0.05, 0) is 31.4 Å². The highest BCUT2D eigenvalue weighted by atomic mass is 16.2. The van der Waals surface area contributed by atoms with E-state index in [1.165, 1.54) is 6.20 Å². The fraction of sp³-hybridized carbons (Fsp3) is 0.389. The fourth-order valence-corrected chi connectivity index (χ4v) is 3.92. The Morgan fingerprint density at radius 2 is 2.12 bits per heavy atom. The molecule has 1 aromatic heterocycles. The smallest absolute Gasteiger partial charge is 0.259 e. The number of aromatic amines is 1. The normalized spacial score (nSPS) is 23.2. The Hall–Kier alpha value is -2.63. The molecule has 1 aromatic carbocycles. The average molecular weight is 325 g/mol. The van der Waals surface area contributed by atoms with Crippen molar-refractivity contribution in [2.24, 2.45) is 5.92 Å². The molecule has 2 aliphatic rings. The van der Waals surface area contributed by atoms with Crippen LogP contribution in [-0.2, 0) is 4.79 Å². The van der Waals surface area contributed by atoms with Gasteiger partial charge in [-0.15, -0.1) is 0 Å². The molecule has 0 spiro atoms. The number of fused-ring (bicyclic) bond motifs is 2. The Morgan fingerprint density at radius 1 is 1.29 bits per heavy atom. The van der Waals surface area contributed by atoms with E-state index in [9.17, 15) is 14.4 Å². The first-order chi connectivity index (χ1) is 11.6. The summed E-state index contributed by atoms with van der Waals surface area (Å²) < 4.78 is 0.